The van der Waals surface area contributed by atoms with E-state index in [1.165, 1.54) is 12.3 Å². The van der Waals surface area contributed by atoms with E-state index in [2.05, 4.69) is 0 Å². The molecule has 0 saturated heterocycles. The number of hydrogen-bond donors (Lipinski definition) is 0. The van der Waals surface area contributed by atoms with Crippen LogP contribution in [0.15, 0.2) is 23.1 Å². The molecule has 0 fully saturated rings. The maximum Gasteiger partial charge on any atom is 0.343 e. The highest BCUT2D eigenvalue weighted by atomic mass is 35.5. The molecule has 0 aliphatic rings. The molecule has 1 aromatic heterocycles. The van der Waals surface area contributed by atoms with Gasteiger partial charge in [-0.2, -0.15) is 0 Å². The molecule has 6 heteroatoms. The molecule has 0 aliphatic carbocycles. The van der Waals surface area contributed by atoms with Crippen LogP contribution in [0, 0.1) is 11.2 Å². The number of rotatable bonds is 3. The Balaban J connectivity index is 2.80. The van der Waals surface area contributed by atoms with Gasteiger partial charge in [0, 0.05) is 18.1 Å². The third-order valence-electron chi connectivity index (χ3n) is 3.26. The van der Waals surface area contributed by atoms with Crippen LogP contribution in [-0.2, 0) is 11.3 Å². The molecule has 4 nitrogen and oxygen atoms in total. The Morgan fingerprint density at radius 3 is 2.57 bits per heavy atom. The summed E-state index contributed by atoms with van der Waals surface area (Å²) in [6, 6.07) is 2.48. The molecule has 0 aliphatic heterocycles. The van der Waals surface area contributed by atoms with Crippen LogP contribution >= 0.6 is 11.6 Å². The van der Waals surface area contributed by atoms with Crippen molar-refractivity contribution in [2.75, 3.05) is 6.61 Å². The number of halogens is 2. The summed E-state index contributed by atoms with van der Waals surface area (Å²) < 4.78 is 20.5. The third kappa shape index (κ3) is 3.72. The minimum atomic E-state index is -0.711. The molecule has 0 radical (unpaired) electrons. The molecular formula is C17H19ClFNO3. The van der Waals surface area contributed by atoms with Gasteiger partial charge in [-0.05, 0) is 24.5 Å². The van der Waals surface area contributed by atoms with Crippen LogP contribution in [0.5, 0.6) is 0 Å². The number of ether oxygens (including phenoxy) is 1. The van der Waals surface area contributed by atoms with Gasteiger partial charge < -0.3 is 9.30 Å². The molecule has 1 aromatic carbocycles. The normalized spacial score (nSPS) is 11.7. The highest BCUT2D eigenvalue weighted by molar-refractivity contribution is 6.31. The topological polar surface area (TPSA) is 48.3 Å². The van der Waals surface area contributed by atoms with Crippen molar-refractivity contribution in [2.24, 2.45) is 5.41 Å². The maximum absolute atomic E-state index is 13.8. The highest BCUT2D eigenvalue weighted by Crippen LogP contribution is 2.25. The summed E-state index contributed by atoms with van der Waals surface area (Å²) in [5, 5.41) is 0.0464. The van der Waals surface area contributed by atoms with Crippen molar-refractivity contribution in [3.05, 3.63) is 45.0 Å². The maximum atomic E-state index is 13.8. The Hall–Kier alpha value is -1.88. The van der Waals surface area contributed by atoms with E-state index in [0.717, 1.165) is 6.07 Å². The molecule has 0 N–H and O–H groups in total. The van der Waals surface area contributed by atoms with Crippen LogP contribution in [0.2, 0.25) is 5.02 Å². The summed E-state index contributed by atoms with van der Waals surface area (Å²) in [6.45, 7) is 8.40. The average Bonchev–Trinajstić information content (AvgIpc) is 2.43. The molecule has 1 heterocycles. The molecule has 0 amide bonds. The summed E-state index contributed by atoms with van der Waals surface area (Å²) in [6.07, 6.45) is 1.46. The number of carbonyl (C=O) groups excluding carboxylic acids is 1. The average molecular weight is 340 g/mol. The SMILES string of the molecule is CCOC(=O)c1cn(CC(C)(C)C)c2cc(Cl)c(F)cc2c1=O. The highest BCUT2D eigenvalue weighted by Gasteiger charge is 2.20. The molecule has 0 saturated carbocycles. The second kappa shape index (κ2) is 6.32. The van der Waals surface area contributed by atoms with Crippen molar-refractivity contribution in [3.63, 3.8) is 0 Å². The third-order valence-corrected chi connectivity index (χ3v) is 3.55. The second-order valence-corrected chi connectivity index (χ2v) is 6.97. The van der Waals surface area contributed by atoms with E-state index in [1.807, 2.05) is 20.8 Å². The van der Waals surface area contributed by atoms with E-state index in [4.69, 9.17) is 16.3 Å². The number of fused-ring (bicyclic) bond motifs is 1. The summed E-state index contributed by atoms with van der Waals surface area (Å²) in [5.41, 5.74) is -0.289. The van der Waals surface area contributed by atoms with E-state index in [1.54, 1.807) is 11.5 Å². The quantitative estimate of drug-likeness (QED) is 0.794. The lowest BCUT2D eigenvalue weighted by Crippen LogP contribution is -2.24. The molecule has 23 heavy (non-hydrogen) atoms. The summed E-state index contributed by atoms with van der Waals surface area (Å²) in [5.74, 6) is -1.41. The van der Waals surface area contributed by atoms with Crippen molar-refractivity contribution < 1.29 is 13.9 Å². The molecule has 0 unspecified atom stereocenters. The van der Waals surface area contributed by atoms with Gasteiger partial charge in [0.15, 0.2) is 0 Å². The Morgan fingerprint density at radius 1 is 1.35 bits per heavy atom. The van der Waals surface area contributed by atoms with Gasteiger partial charge in [-0.25, -0.2) is 9.18 Å². The first-order valence-corrected chi connectivity index (χ1v) is 7.71. The number of aromatic nitrogens is 1. The van der Waals surface area contributed by atoms with E-state index < -0.39 is 17.2 Å². The lowest BCUT2D eigenvalue weighted by molar-refractivity contribution is 0.0524. The molecule has 2 aromatic rings. The molecule has 0 bridgehead atoms. The van der Waals surface area contributed by atoms with Crippen molar-refractivity contribution in [1.82, 2.24) is 4.57 Å². The second-order valence-electron chi connectivity index (χ2n) is 6.56. The van der Waals surface area contributed by atoms with Crippen molar-refractivity contribution in [3.8, 4) is 0 Å². The van der Waals surface area contributed by atoms with Gasteiger partial charge >= 0.3 is 5.97 Å². The lowest BCUT2D eigenvalue weighted by atomic mass is 9.96. The van der Waals surface area contributed by atoms with Gasteiger partial charge in [0.05, 0.1) is 17.1 Å². The van der Waals surface area contributed by atoms with E-state index in [0.29, 0.717) is 12.1 Å². The number of hydrogen-bond acceptors (Lipinski definition) is 3. The number of pyridine rings is 1. The summed E-state index contributed by atoms with van der Waals surface area (Å²) in [4.78, 5) is 24.5. The standard InChI is InChI=1S/C17H19ClFNO3/c1-5-23-16(22)11-8-20(9-17(2,3)4)14-7-12(18)13(19)6-10(14)15(11)21/h6-8H,5,9H2,1-4H3. The molecule has 0 atom stereocenters. The van der Waals surface area contributed by atoms with E-state index in [9.17, 15) is 14.0 Å². The zero-order chi connectivity index (χ0) is 17.4. The van der Waals surface area contributed by atoms with E-state index >= 15 is 0 Å². The minimum Gasteiger partial charge on any atom is -0.462 e. The zero-order valence-corrected chi connectivity index (χ0v) is 14.3. The van der Waals surface area contributed by atoms with Crippen LogP contribution in [0.4, 0.5) is 4.39 Å². The van der Waals surface area contributed by atoms with Crippen LogP contribution in [-0.4, -0.2) is 17.1 Å². The van der Waals surface area contributed by atoms with Crippen molar-refractivity contribution in [2.45, 2.75) is 34.2 Å². The smallest absolute Gasteiger partial charge is 0.343 e. The van der Waals surface area contributed by atoms with Crippen LogP contribution in [0.1, 0.15) is 38.1 Å². The van der Waals surface area contributed by atoms with Gasteiger partial charge in [-0.1, -0.05) is 32.4 Å². The van der Waals surface area contributed by atoms with Crippen molar-refractivity contribution >= 4 is 28.5 Å². The largest absolute Gasteiger partial charge is 0.462 e. The number of carbonyl (C=O) groups is 1. The Labute approximate surface area is 138 Å². The van der Waals surface area contributed by atoms with E-state index in [-0.39, 0.29) is 28.0 Å². The van der Waals surface area contributed by atoms with Crippen LogP contribution in [0.3, 0.4) is 0 Å². The number of esters is 1. The van der Waals surface area contributed by atoms with Crippen LogP contribution < -0.4 is 5.43 Å². The number of nitrogens with zero attached hydrogens (tertiary/aromatic N) is 1. The first kappa shape index (κ1) is 17.5. The fourth-order valence-electron chi connectivity index (χ4n) is 2.38. The van der Waals surface area contributed by atoms with Gasteiger partial charge in [0.25, 0.3) is 0 Å². The van der Waals surface area contributed by atoms with Gasteiger partial charge in [-0.15, -0.1) is 0 Å². The van der Waals surface area contributed by atoms with Crippen LogP contribution in [0.25, 0.3) is 10.9 Å². The Morgan fingerprint density at radius 2 is 2.00 bits per heavy atom. The van der Waals surface area contributed by atoms with Gasteiger partial charge in [-0.3, -0.25) is 4.79 Å². The zero-order valence-electron chi connectivity index (χ0n) is 13.6. The lowest BCUT2D eigenvalue weighted by Gasteiger charge is -2.22. The molecular weight excluding hydrogens is 321 g/mol. The van der Waals surface area contributed by atoms with Gasteiger partial charge in [0.1, 0.15) is 11.4 Å². The minimum absolute atomic E-state index is 0.0663. The fraction of sp³-hybridized carbons (Fsp3) is 0.412. The molecule has 2 rings (SSSR count). The van der Waals surface area contributed by atoms with Gasteiger partial charge in [0.2, 0.25) is 5.43 Å². The fourth-order valence-corrected chi connectivity index (χ4v) is 2.54. The molecule has 124 valence electrons. The predicted octanol–water partition coefficient (Wildman–Crippen LogP) is 4.02. The monoisotopic (exact) mass is 339 g/mol. The summed E-state index contributed by atoms with van der Waals surface area (Å²) >= 11 is 5.85. The Kier molecular flexibility index (Phi) is 4.80. The predicted molar refractivity (Wildman–Crippen MR) is 88.6 cm³/mol. The van der Waals surface area contributed by atoms with Crippen molar-refractivity contribution in [1.29, 1.82) is 0 Å². The first-order valence-electron chi connectivity index (χ1n) is 7.33. The molecule has 0 spiro atoms. The number of benzene rings is 1. The Bertz CT molecular complexity index is 821. The first-order chi connectivity index (χ1) is 10.6. The summed E-state index contributed by atoms with van der Waals surface area (Å²) in [7, 11) is 0.